The Hall–Kier alpha value is -4.22. The molecule has 2 unspecified atom stereocenters. The van der Waals surface area contributed by atoms with Crippen LogP contribution in [0, 0.1) is 0 Å². The van der Waals surface area contributed by atoms with Gasteiger partial charge in [0.2, 0.25) is 9.84 Å². The van der Waals surface area contributed by atoms with E-state index in [4.69, 9.17) is 0 Å². The Kier molecular flexibility index (Phi) is 4.55. The summed E-state index contributed by atoms with van der Waals surface area (Å²) in [6.45, 7) is 2.25. The summed E-state index contributed by atoms with van der Waals surface area (Å²) >= 11 is 0. The van der Waals surface area contributed by atoms with Crippen LogP contribution in [0.3, 0.4) is 0 Å². The highest BCUT2D eigenvalue weighted by atomic mass is 32.2. The van der Waals surface area contributed by atoms with Crippen LogP contribution in [0.15, 0.2) is 125 Å². The predicted octanol–water partition coefficient (Wildman–Crippen LogP) is 6.63. The number of ketones is 1. The summed E-state index contributed by atoms with van der Waals surface area (Å²) in [7, 11) is -3.75. The van der Waals surface area contributed by atoms with E-state index in [-0.39, 0.29) is 38.2 Å². The summed E-state index contributed by atoms with van der Waals surface area (Å²) in [5.74, 6) is -0.258. The van der Waals surface area contributed by atoms with Gasteiger partial charge in [-0.15, -0.1) is 0 Å². The molecule has 4 aromatic carbocycles. The summed E-state index contributed by atoms with van der Waals surface area (Å²) in [6, 6.07) is 28.4. The lowest BCUT2D eigenvalue weighted by molar-refractivity contribution is 0.103. The highest BCUT2D eigenvalue weighted by molar-refractivity contribution is 7.91. The largest absolute Gasteiger partial charge is 0.333 e. The molecule has 0 saturated heterocycles. The molecular weight excluding hydrogens is 478 g/mol. The first-order valence-corrected chi connectivity index (χ1v) is 13.8. The number of benzene rings is 4. The Bertz CT molecular complexity index is 1790. The Morgan fingerprint density at radius 1 is 0.757 bits per heavy atom. The lowest BCUT2D eigenvalue weighted by atomic mass is 9.75. The zero-order valence-corrected chi connectivity index (χ0v) is 20.9. The van der Waals surface area contributed by atoms with Gasteiger partial charge in [0.05, 0.1) is 15.8 Å². The molecule has 180 valence electrons. The van der Waals surface area contributed by atoms with Crippen LogP contribution in [-0.4, -0.2) is 20.2 Å². The van der Waals surface area contributed by atoms with E-state index in [0.29, 0.717) is 0 Å². The van der Waals surface area contributed by atoms with E-state index in [1.807, 2.05) is 6.07 Å². The molecule has 1 aliphatic carbocycles. The smallest absolute Gasteiger partial charge is 0.208 e. The van der Waals surface area contributed by atoms with Crippen molar-refractivity contribution >= 4 is 27.0 Å². The summed E-state index contributed by atoms with van der Waals surface area (Å²) < 4.78 is 26.5. The van der Waals surface area contributed by atoms with Gasteiger partial charge < -0.3 is 4.90 Å². The Balaban J connectivity index is 1.38. The van der Waals surface area contributed by atoms with Crippen molar-refractivity contribution in [2.24, 2.45) is 0 Å². The average molecular weight is 502 g/mol. The minimum Gasteiger partial charge on any atom is -0.333 e. The number of carbonyl (C=O) groups is 1. The molecule has 0 radical (unpaired) electrons. The fourth-order valence-electron chi connectivity index (χ4n) is 6.00. The van der Waals surface area contributed by atoms with Crippen LogP contribution < -0.4 is 4.90 Å². The van der Waals surface area contributed by atoms with Crippen LogP contribution in [0.5, 0.6) is 0 Å². The van der Waals surface area contributed by atoms with E-state index in [1.54, 1.807) is 36.4 Å². The summed E-state index contributed by atoms with van der Waals surface area (Å²) in [6.07, 6.45) is 8.69. The fraction of sp³-hybridized carbons (Fsp3) is 0.0938. The number of anilines is 2. The maximum atomic E-state index is 13.3. The van der Waals surface area contributed by atoms with Gasteiger partial charge in [-0.1, -0.05) is 66.8 Å². The second-order valence-corrected chi connectivity index (χ2v) is 11.8. The van der Waals surface area contributed by atoms with Crippen LogP contribution in [0.4, 0.5) is 11.4 Å². The number of carbonyl (C=O) groups excluding carboxylic acids is 1. The number of nitrogens with zero attached hydrogens (tertiary/aromatic N) is 1. The van der Waals surface area contributed by atoms with Crippen molar-refractivity contribution < 1.29 is 13.2 Å². The second kappa shape index (κ2) is 7.64. The molecule has 2 aliphatic heterocycles. The van der Waals surface area contributed by atoms with E-state index in [1.165, 1.54) is 11.6 Å². The van der Waals surface area contributed by atoms with Gasteiger partial charge in [-0.2, -0.15) is 0 Å². The molecule has 0 N–H and O–H groups in total. The maximum absolute atomic E-state index is 13.3. The van der Waals surface area contributed by atoms with Gasteiger partial charge in [0, 0.05) is 27.9 Å². The van der Waals surface area contributed by atoms with Crippen LogP contribution in [0.2, 0.25) is 0 Å². The van der Waals surface area contributed by atoms with Crippen LogP contribution in [0.25, 0.3) is 11.1 Å². The number of hydrogen-bond acceptors (Lipinski definition) is 4. The maximum Gasteiger partial charge on any atom is 0.208 e. The number of fused-ring (bicyclic) bond motifs is 5. The highest BCUT2D eigenvalue weighted by Crippen LogP contribution is 2.52. The van der Waals surface area contributed by atoms with Gasteiger partial charge in [0.25, 0.3) is 0 Å². The summed E-state index contributed by atoms with van der Waals surface area (Å²) in [5, 5.41) is 0. The molecule has 0 spiro atoms. The lowest BCUT2D eigenvalue weighted by Gasteiger charge is -2.34. The molecular formula is C32H23NO3S. The molecule has 7 rings (SSSR count). The molecule has 2 atom stereocenters. The molecule has 5 heteroatoms. The van der Waals surface area contributed by atoms with Crippen molar-refractivity contribution in [1.82, 2.24) is 0 Å². The third kappa shape index (κ3) is 3.01. The lowest BCUT2D eigenvalue weighted by Crippen LogP contribution is -2.39. The Labute approximate surface area is 216 Å². The summed E-state index contributed by atoms with van der Waals surface area (Å²) in [5.41, 5.74) is 5.46. The normalized spacial score (nSPS) is 22.2. The number of allylic oxidation sites excluding steroid dienone is 2. The molecule has 3 aliphatic rings. The van der Waals surface area contributed by atoms with E-state index < -0.39 is 9.84 Å². The third-order valence-corrected chi connectivity index (χ3v) is 9.75. The third-order valence-electron chi connectivity index (χ3n) is 7.88. The van der Waals surface area contributed by atoms with Gasteiger partial charge in [0.15, 0.2) is 5.78 Å². The average Bonchev–Trinajstić information content (AvgIpc) is 3.20. The minimum absolute atomic E-state index is 0.0729. The predicted molar refractivity (Wildman–Crippen MR) is 145 cm³/mol. The first kappa shape index (κ1) is 22.0. The van der Waals surface area contributed by atoms with E-state index in [9.17, 15) is 13.2 Å². The van der Waals surface area contributed by atoms with Crippen molar-refractivity contribution in [3.8, 4) is 11.1 Å². The van der Waals surface area contributed by atoms with Crippen molar-refractivity contribution in [3.05, 3.63) is 132 Å². The Morgan fingerprint density at radius 3 is 2.30 bits per heavy atom. The molecule has 0 amide bonds. The fourth-order valence-corrected chi connectivity index (χ4v) is 7.63. The standard InChI is InChI=1S/C32H23NO3S/c1-32-18-8-7-13-30(32)33(23-9-3-2-4-10-23)27-16-14-22(20-26(27)32)21-15-17-29-25(19-21)31(34)24-11-5-6-12-28(24)37(29,35)36/h2-20,30H,1H3. The number of rotatable bonds is 2. The molecule has 4 aromatic rings. The van der Waals surface area contributed by atoms with Crippen molar-refractivity contribution in [1.29, 1.82) is 0 Å². The molecule has 0 fully saturated rings. The molecule has 2 heterocycles. The van der Waals surface area contributed by atoms with E-state index in [2.05, 4.69) is 78.6 Å². The molecule has 0 bridgehead atoms. The van der Waals surface area contributed by atoms with Crippen molar-refractivity contribution in [2.75, 3.05) is 4.90 Å². The van der Waals surface area contributed by atoms with E-state index >= 15 is 0 Å². The number of hydrogen-bond donors (Lipinski definition) is 0. The van der Waals surface area contributed by atoms with Gasteiger partial charge in [-0.3, -0.25) is 4.79 Å². The highest BCUT2D eigenvalue weighted by Gasteiger charge is 2.46. The topological polar surface area (TPSA) is 54.5 Å². The first-order valence-electron chi connectivity index (χ1n) is 12.3. The molecule has 37 heavy (non-hydrogen) atoms. The SMILES string of the molecule is CC12C=CC=CC1N(c1ccccc1)c1ccc(-c3ccc4c(c3)C(=O)c3ccccc3S4(=O)=O)cc12. The number of para-hydroxylation sites is 1. The van der Waals surface area contributed by atoms with Crippen molar-refractivity contribution in [2.45, 2.75) is 28.2 Å². The zero-order chi connectivity index (χ0) is 25.4. The molecule has 4 nitrogen and oxygen atoms in total. The quantitative estimate of drug-likeness (QED) is 0.272. The van der Waals surface area contributed by atoms with Crippen LogP contribution in [0.1, 0.15) is 28.4 Å². The van der Waals surface area contributed by atoms with Gasteiger partial charge in [-0.05, 0) is 72.1 Å². The number of sulfone groups is 1. The van der Waals surface area contributed by atoms with Crippen LogP contribution in [-0.2, 0) is 15.3 Å². The van der Waals surface area contributed by atoms with Gasteiger partial charge in [0.1, 0.15) is 0 Å². The van der Waals surface area contributed by atoms with Gasteiger partial charge in [-0.25, -0.2) is 8.42 Å². The van der Waals surface area contributed by atoms with Gasteiger partial charge >= 0.3 is 0 Å². The first-order chi connectivity index (χ1) is 17.9. The second-order valence-electron chi connectivity index (χ2n) is 9.95. The van der Waals surface area contributed by atoms with Crippen molar-refractivity contribution in [3.63, 3.8) is 0 Å². The molecule has 0 saturated carbocycles. The van der Waals surface area contributed by atoms with Crippen LogP contribution >= 0.6 is 0 Å². The minimum atomic E-state index is -3.75. The molecule has 0 aromatic heterocycles. The summed E-state index contributed by atoms with van der Waals surface area (Å²) in [4.78, 5) is 15.8. The monoisotopic (exact) mass is 501 g/mol. The van der Waals surface area contributed by atoms with E-state index in [0.717, 1.165) is 22.5 Å². The zero-order valence-electron chi connectivity index (χ0n) is 20.1. The Morgan fingerprint density at radius 2 is 1.46 bits per heavy atom.